The summed E-state index contributed by atoms with van der Waals surface area (Å²) in [6.07, 6.45) is 3.68. The molecule has 1 saturated heterocycles. The first-order valence-electron chi connectivity index (χ1n) is 7.80. The Morgan fingerprint density at radius 2 is 2.24 bits per heavy atom. The van der Waals surface area contributed by atoms with E-state index in [1.54, 1.807) is 6.20 Å². The number of carbonyl (C=O) groups is 1. The van der Waals surface area contributed by atoms with Gasteiger partial charge in [-0.05, 0) is 0 Å². The molecular formula is C15H19FN6O2S. The lowest BCUT2D eigenvalue weighted by molar-refractivity contribution is -0.114. The molecule has 0 aromatic carbocycles. The van der Waals surface area contributed by atoms with E-state index in [-0.39, 0.29) is 12.0 Å². The highest BCUT2D eigenvalue weighted by atomic mass is 32.1. The van der Waals surface area contributed by atoms with E-state index in [0.717, 1.165) is 23.8 Å². The highest BCUT2D eigenvalue weighted by Gasteiger charge is 2.28. The maximum Gasteiger partial charge on any atom is 0.223 e. The first kappa shape index (κ1) is 17.8. The third-order valence-corrected chi connectivity index (χ3v) is 4.63. The minimum Gasteiger partial charge on any atom is -0.373 e. The van der Waals surface area contributed by atoms with Crippen molar-refractivity contribution in [3.63, 3.8) is 0 Å². The number of halogens is 1. The standard InChI is InChI=1S/C15H19FN6O2S/c1-9(23)21-15-20-6-11(25-15)7-22-2-3-24-12(8-22)13(17)14-18-4-10(16)5-19-14/h4-6,12-13H,2-3,7-8,17H2,1H3,(H,20,21,23)/t12-,13+/m0/s1. The maximum absolute atomic E-state index is 12.9. The lowest BCUT2D eigenvalue weighted by Gasteiger charge is -2.34. The van der Waals surface area contributed by atoms with Crippen LogP contribution in [0.5, 0.6) is 0 Å². The number of carbonyl (C=O) groups excluding carboxylic acids is 1. The Kier molecular flexibility index (Phi) is 5.63. The van der Waals surface area contributed by atoms with Crippen LogP contribution in [0.2, 0.25) is 0 Å². The van der Waals surface area contributed by atoms with Crippen LogP contribution in [-0.4, -0.2) is 51.6 Å². The molecule has 0 unspecified atom stereocenters. The van der Waals surface area contributed by atoms with Crippen molar-refractivity contribution in [2.75, 3.05) is 25.0 Å². The second-order valence-electron chi connectivity index (χ2n) is 5.74. The average Bonchev–Trinajstić information content (AvgIpc) is 3.01. The fourth-order valence-corrected chi connectivity index (χ4v) is 3.46. The van der Waals surface area contributed by atoms with Gasteiger partial charge in [-0.2, -0.15) is 0 Å². The smallest absolute Gasteiger partial charge is 0.223 e. The Labute approximate surface area is 148 Å². The van der Waals surface area contributed by atoms with Crippen LogP contribution in [0.15, 0.2) is 18.6 Å². The van der Waals surface area contributed by atoms with Crippen LogP contribution in [0, 0.1) is 5.82 Å². The van der Waals surface area contributed by atoms with E-state index >= 15 is 0 Å². The number of ether oxygens (including phenoxy) is 1. The third kappa shape index (κ3) is 4.75. The van der Waals surface area contributed by atoms with E-state index in [2.05, 4.69) is 25.2 Å². The number of rotatable bonds is 5. The van der Waals surface area contributed by atoms with Crippen molar-refractivity contribution in [2.24, 2.45) is 5.73 Å². The van der Waals surface area contributed by atoms with Gasteiger partial charge >= 0.3 is 0 Å². The third-order valence-electron chi connectivity index (χ3n) is 3.73. The van der Waals surface area contributed by atoms with Gasteiger partial charge in [-0.3, -0.25) is 9.69 Å². The van der Waals surface area contributed by atoms with Crippen molar-refractivity contribution in [2.45, 2.75) is 25.6 Å². The Morgan fingerprint density at radius 1 is 1.48 bits per heavy atom. The number of thiazole rings is 1. The van der Waals surface area contributed by atoms with Crippen molar-refractivity contribution < 1.29 is 13.9 Å². The van der Waals surface area contributed by atoms with Crippen molar-refractivity contribution in [1.29, 1.82) is 0 Å². The van der Waals surface area contributed by atoms with Crippen molar-refractivity contribution >= 4 is 22.4 Å². The number of hydrogen-bond acceptors (Lipinski definition) is 8. The quantitative estimate of drug-likeness (QED) is 0.811. The molecule has 10 heteroatoms. The molecule has 0 aliphatic carbocycles. The fraction of sp³-hybridized carbons (Fsp3) is 0.467. The lowest BCUT2D eigenvalue weighted by Crippen LogP contribution is -2.46. The zero-order valence-electron chi connectivity index (χ0n) is 13.7. The molecule has 0 radical (unpaired) electrons. The summed E-state index contributed by atoms with van der Waals surface area (Å²) in [5.41, 5.74) is 6.18. The fourth-order valence-electron chi connectivity index (χ4n) is 2.56. The van der Waals surface area contributed by atoms with E-state index < -0.39 is 11.9 Å². The highest BCUT2D eigenvalue weighted by molar-refractivity contribution is 7.15. The largest absolute Gasteiger partial charge is 0.373 e. The minimum atomic E-state index is -0.528. The van der Waals surface area contributed by atoms with E-state index in [4.69, 9.17) is 10.5 Å². The van der Waals surface area contributed by atoms with Crippen LogP contribution in [0.4, 0.5) is 9.52 Å². The lowest BCUT2D eigenvalue weighted by atomic mass is 10.1. The molecule has 0 spiro atoms. The Hall–Kier alpha value is -2.01. The van der Waals surface area contributed by atoms with Gasteiger partial charge in [0.05, 0.1) is 31.1 Å². The molecule has 1 amide bonds. The second kappa shape index (κ2) is 7.91. The average molecular weight is 366 g/mol. The van der Waals surface area contributed by atoms with Crippen molar-refractivity contribution in [1.82, 2.24) is 19.9 Å². The number of hydrogen-bond donors (Lipinski definition) is 2. The van der Waals surface area contributed by atoms with Gasteiger partial charge in [-0.15, -0.1) is 11.3 Å². The molecule has 0 bridgehead atoms. The predicted octanol–water partition coefficient (Wildman–Crippen LogP) is 0.931. The Bertz CT molecular complexity index is 725. The number of amides is 1. The van der Waals surface area contributed by atoms with Crippen LogP contribution in [0.3, 0.4) is 0 Å². The summed E-state index contributed by atoms with van der Waals surface area (Å²) in [5, 5.41) is 3.26. The SMILES string of the molecule is CC(=O)Nc1ncc(CN2CCO[C@H]([C@@H](N)c3ncc(F)cn3)C2)s1. The normalized spacial score (nSPS) is 19.6. The van der Waals surface area contributed by atoms with Crippen LogP contribution in [0.25, 0.3) is 0 Å². The van der Waals surface area contributed by atoms with E-state index in [0.29, 0.717) is 30.7 Å². The molecule has 1 aliphatic heterocycles. The summed E-state index contributed by atoms with van der Waals surface area (Å²) >= 11 is 1.44. The van der Waals surface area contributed by atoms with Gasteiger partial charge in [0, 0.05) is 37.6 Å². The Balaban J connectivity index is 1.60. The minimum absolute atomic E-state index is 0.141. The van der Waals surface area contributed by atoms with Gasteiger partial charge < -0.3 is 15.8 Å². The maximum atomic E-state index is 12.9. The number of aromatic nitrogens is 3. The van der Waals surface area contributed by atoms with Crippen molar-refractivity contribution in [3.05, 3.63) is 35.1 Å². The molecule has 25 heavy (non-hydrogen) atoms. The van der Waals surface area contributed by atoms with Crippen LogP contribution >= 0.6 is 11.3 Å². The van der Waals surface area contributed by atoms with Gasteiger partial charge in [0.2, 0.25) is 5.91 Å². The van der Waals surface area contributed by atoms with Gasteiger partial charge in [-0.1, -0.05) is 0 Å². The molecule has 2 aromatic heterocycles. The molecule has 8 nitrogen and oxygen atoms in total. The molecule has 0 saturated carbocycles. The van der Waals surface area contributed by atoms with Gasteiger partial charge in [0.25, 0.3) is 0 Å². The molecule has 1 fully saturated rings. The summed E-state index contributed by atoms with van der Waals surface area (Å²) in [4.78, 5) is 26.4. The summed E-state index contributed by atoms with van der Waals surface area (Å²) in [7, 11) is 0. The molecule has 3 heterocycles. The number of nitrogens with zero attached hydrogens (tertiary/aromatic N) is 4. The number of morpholine rings is 1. The number of nitrogens with two attached hydrogens (primary N) is 1. The first-order chi connectivity index (χ1) is 12.0. The van der Waals surface area contributed by atoms with Crippen LogP contribution < -0.4 is 11.1 Å². The van der Waals surface area contributed by atoms with Crippen LogP contribution in [-0.2, 0) is 16.1 Å². The van der Waals surface area contributed by atoms with Crippen LogP contribution in [0.1, 0.15) is 23.7 Å². The molecule has 3 N–H and O–H groups in total. The summed E-state index contributed by atoms with van der Waals surface area (Å²) in [5.74, 6) is -0.279. The second-order valence-corrected chi connectivity index (χ2v) is 6.86. The van der Waals surface area contributed by atoms with Gasteiger partial charge in [0.1, 0.15) is 5.82 Å². The molecule has 1 aliphatic rings. The molecule has 2 atom stereocenters. The summed E-state index contributed by atoms with van der Waals surface area (Å²) in [6.45, 7) is 4.05. The topological polar surface area (TPSA) is 106 Å². The van der Waals surface area contributed by atoms with Crippen molar-refractivity contribution in [3.8, 4) is 0 Å². The van der Waals surface area contributed by atoms with E-state index in [9.17, 15) is 9.18 Å². The van der Waals surface area contributed by atoms with E-state index in [1.807, 2.05) is 0 Å². The predicted molar refractivity (Wildman–Crippen MR) is 90.4 cm³/mol. The number of anilines is 1. The molecule has 134 valence electrons. The van der Waals surface area contributed by atoms with E-state index in [1.165, 1.54) is 18.3 Å². The number of nitrogens with one attached hydrogen (secondary N) is 1. The Morgan fingerprint density at radius 3 is 2.96 bits per heavy atom. The summed E-state index contributed by atoms with van der Waals surface area (Å²) in [6, 6.07) is -0.528. The molecular weight excluding hydrogens is 347 g/mol. The summed E-state index contributed by atoms with van der Waals surface area (Å²) < 4.78 is 18.7. The van der Waals surface area contributed by atoms with Gasteiger partial charge in [-0.25, -0.2) is 19.3 Å². The monoisotopic (exact) mass is 366 g/mol. The first-order valence-corrected chi connectivity index (χ1v) is 8.62. The molecule has 2 aromatic rings. The highest BCUT2D eigenvalue weighted by Crippen LogP contribution is 2.23. The van der Waals surface area contributed by atoms with Gasteiger partial charge in [0.15, 0.2) is 10.9 Å². The molecule has 3 rings (SSSR count). The zero-order valence-corrected chi connectivity index (χ0v) is 14.5. The zero-order chi connectivity index (χ0) is 17.8.